The molecule has 1 aromatic carbocycles. The number of hydrogen-bond donors (Lipinski definition) is 1. The van der Waals surface area contributed by atoms with Gasteiger partial charge in [-0.3, -0.25) is 4.79 Å². The second kappa shape index (κ2) is 7.40. The number of nitrogens with zero attached hydrogens (tertiary/aromatic N) is 1. The van der Waals surface area contributed by atoms with Crippen molar-refractivity contribution in [3.05, 3.63) is 32.4 Å². The van der Waals surface area contributed by atoms with Crippen LogP contribution in [0.3, 0.4) is 0 Å². The first kappa shape index (κ1) is 16.7. The van der Waals surface area contributed by atoms with Gasteiger partial charge in [0.2, 0.25) is 0 Å². The van der Waals surface area contributed by atoms with Gasteiger partial charge in [-0.25, -0.2) is 0 Å². The van der Waals surface area contributed by atoms with Crippen LogP contribution in [0, 0.1) is 9.49 Å². The van der Waals surface area contributed by atoms with Crippen molar-refractivity contribution < 1.29 is 4.79 Å². The van der Waals surface area contributed by atoms with Gasteiger partial charge in [0, 0.05) is 27.6 Å². The number of carbonyl (C=O) groups excluding carboxylic acids is 1. The van der Waals surface area contributed by atoms with Gasteiger partial charge in [-0.1, -0.05) is 30.7 Å². The van der Waals surface area contributed by atoms with Crippen LogP contribution in [-0.2, 0) is 0 Å². The monoisotopic (exact) mass is 410 g/mol. The number of carbonyl (C=O) groups is 1. The summed E-state index contributed by atoms with van der Waals surface area (Å²) in [7, 11) is 0. The van der Waals surface area contributed by atoms with Crippen molar-refractivity contribution in [1.82, 2.24) is 4.90 Å². The molecule has 0 radical (unpaired) electrons. The van der Waals surface area contributed by atoms with E-state index in [0.29, 0.717) is 28.7 Å². The average Bonchev–Trinajstić information content (AvgIpc) is 2.37. The summed E-state index contributed by atoms with van der Waals surface area (Å²) in [5.41, 5.74) is 6.22. The van der Waals surface area contributed by atoms with Crippen molar-refractivity contribution in [3.63, 3.8) is 0 Å². The Hall–Kier alpha value is -0.400. The number of thiocarbonyl (C=S) groups is 1. The van der Waals surface area contributed by atoms with Gasteiger partial charge < -0.3 is 10.6 Å². The molecule has 1 amide bonds. The lowest BCUT2D eigenvalue weighted by atomic mass is 10.1. The highest BCUT2D eigenvalue weighted by Crippen LogP contribution is 2.20. The van der Waals surface area contributed by atoms with Crippen molar-refractivity contribution in [3.8, 4) is 0 Å². The van der Waals surface area contributed by atoms with E-state index in [-0.39, 0.29) is 11.8 Å². The van der Waals surface area contributed by atoms with Gasteiger partial charge in [-0.05, 0) is 47.7 Å². The third kappa shape index (κ3) is 4.57. The Kier molecular flexibility index (Phi) is 6.49. The Morgan fingerprint density at radius 3 is 2.74 bits per heavy atom. The van der Waals surface area contributed by atoms with Crippen LogP contribution < -0.4 is 5.73 Å². The molecule has 0 bridgehead atoms. The van der Waals surface area contributed by atoms with Crippen molar-refractivity contribution in [2.45, 2.75) is 13.8 Å². The Bertz CT molecular complexity index is 496. The maximum Gasteiger partial charge on any atom is 0.254 e. The van der Waals surface area contributed by atoms with Crippen LogP contribution in [0.25, 0.3) is 0 Å². The number of amides is 1. The van der Waals surface area contributed by atoms with Crippen molar-refractivity contribution >= 4 is 57.3 Å². The fourth-order valence-electron chi connectivity index (χ4n) is 1.61. The van der Waals surface area contributed by atoms with Gasteiger partial charge in [0.1, 0.15) is 0 Å². The molecular weight excluding hydrogens is 395 g/mol. The first-order valence-corrected chi connectivity index (χ1v) is 7.77. The SMILES string of the molecule is CCN(CC(C)C(N)=S)C(=O)c1cc(Cl)ccc1I. The number of rotatable bonds is 5. The summed E-state index contributed by atoms with van der Waals surface area (Å²) in [6, 6.07) is 5.30. The van der Waals surface area contributed by atoms with Gasteiger partial charge in [-0.2, -0.15) is 0 Å². The fourth-order valence-corrected chi connectivity index (χ4v) is 2.42. The molecule has 0 fully saturated rings. The highest BCUT2D eigenvalue weighted by atomic mass is 127. The molecule has 104 valence electrons. The topological polar surface area (TPSA) is 46.3 Å². The van der Waals surface area contributed by atoms with Crippen molar-refractivity contribution in [2.75, 3.05) is 13.1 Å². The highest BCUT2D eigenvalue weighted by Gasteiger charge is 2.20. The van der Waals surface area contributed by atoms with Crippen LogP contribution in [0.4, 0.5) is 0 Å². The molecule has 19 heavy (non-hydrogen) atoms. The Morgan fingerprint density at radius 2 is 2.21 bits per heavy atom. The normalized spacial score (nSPS) is 12.0. The predicted molar refractivity (Wildman–Crippen MR) is 91.7 cm³/mol. The molecule has 0 aliphatic heterocycles. The van der Waals surface area contributed by atoms with E-state index in [0.717, 1.165) is 3.57 Å². The lowest BCUT2D eigenvalue weighted by Gasteiger charge is -2.24. The largest absolute Gasteiger partial charge is 0.393 e. The third-order valence-electron chi connectivity index (χ3n) is 2.81. The minimum Gasteiger partial charge on any atom is -0.393 e. The molecule has 0 saturated heterocycles. The summed E-state index contributed by atoms with van der Waals surface area (Å²) >= 11 is 13.0. The van der Waals surface area contributed by atoms with E-state index in [1.54, 1.807) is 17.0 Å². The second-order valence-corrected chi connectivity index (χ2v) is 6.34. The molecule has 0 heterocycles. The maximum absolute atomic E-state index is 12.5. The summed E-state index contributed by atoms with van der Waals surface area (Å²) in [6.45, 7) is 4.98. The number of hydrogen-bond acceptors (Lipinski definition) is 2. The van der Waals surface area contributed by atoms with Crippen LogP contribution in [0.15, 0.2) is 18.2 Å². The Labute approximate surface area is 137 Å². The molecule has 3 nitrogen and oxygen atoms in total. The maximum atomic E-state index is 12.5. The molecule has 1 rings (SSSR count). The minimum atomic E-state index is -0.0440. The van der Waals surface area contributed by atoms with E-state index in [9.17, 15) is 4.79 Å². The zero-order valence-electron chi connectivity index (χ0n) is 10.8. The van der Waals surface area contributed by atoms with Gasteiger partial charge in [0.15, 0.2) is 0 Å². The molecule has 2 N–H and O–H groups in total. The molecule has 1 unspecified atom stereocenters. The van der Waals surface area contributed by atoms with E-state index in [1.165, 1.54) is 0 Å². The van der Waals surface area contributed by atoms with Crippen LogP contribution in [-0.4, -0.2) is 28.9 Å². The highest BCUT2D eigenvalue weighted by molar-refractivity contribution is 14.1. The van der Waals surface area contributed by atoms with Gasteiger partial charge in [0.05, 0.1) is 10.6 Å². The first-order chi connectivity index (χ1) is 8.86. The molecule has 0 aliphatic carbocycles. The van der Waals surface area contributed by atoms with Crippen LogP contribution in [0.2, 0.25) is 5.02 Å². The van der Waals surface area contributed by atoms with E-state index in [4.69, 9.17) is 29.6 Å². The zero-order chi connectivity index (χ0) is 14.6. The molecule has 0 saturated carbocycles. The van der Waals surface area contributed by atoms with Crippen LogP contribution >= 0.6 is 46.4 Å². The van der Waals surface area contributed by atoms with Gasteiger partial charge in [0.25, 0.3) is 5.91 Å². The summed E-state index contributed by atoms with van der Waals surface area (Å²) in [6.07, 6.45) is 0. The van der Waals surface area contributed by atoms with Crippen molar-refractivity contribution in [2.24, 2.45) is 11.7 Å². The van der Waals surface area contributed by atoms with E-state index in [1.807, 2.05) is 19.9 Å². The summed E-state index contributed by atoms with van der Waals surface area (Å²) in [4.78, 5) is 14.6. The summed E-state index contributed by atoms with van der Waals surface area (Å²) in [5.74, 6) is -0.0479. The molecule has 0 aromatic heterocycles. The minimum absolute atomic E-state index is 0.00394. The average molecular weight is 411 g/mol. The number of benzene rings is 1. The fraction of sp³-hybridized carbons (Fsp3) is 0.385. The molecule has 6 heteroatoms. The molecule has 0 spiro atoms. The molecule has 0 aliphatic rings. The molecule has 1 atom stereocenters. The van der Waals surface area contributed by atoms with E-state index < -0.39 is 0 Å². The summed E-state index contributed by atoms with van der Waals surface area (Å²) in [5, 5.41) is 0.558. The zero-order valence-corrected chi connectivity index (χ0v) is 14.6. The second-order valence-electron chi connectivity index (χ2n) is 4.27. The predicted octanol–water partition coefficient (Wildman–Crippen LogP) is 3.33. The summed E-state index contributed by atoms with van der Waals surface area (Å²) < 4.78 is 0.883. The quantitative estimate of drug-likeness (QED) is 0.598. The lowest BCUT2D eigenvalue weighted by molar-refractivity contribution is 0.0754. The first-order valence-electron chi connectivity index (χ1n) is 5.90. The third-order valence-corrected chi connectivity index (χ3v) is 4.39. The number of halogens is 2. The Morgan fingerprint density at radius 1 is 1.58 bits per heavy atom. The van der Waals surface area contributed by atoms with Crippen LogP contribution in [0.5, 0.6) is 0 Å². The van der Waals surface area contributed by atoms with E-state index >= 15 is 0 Å². The lowest BCUT2D eigenvalue weighted by Crippen LogP contribution is -2.38. The molecular formula is C13H16ClIN2OS. The van der Waals surface area contributed by atoms with Crippen molar-refractivity contribution in [1.29, 1.82) is 0 Å². The molecule has 1 aromatic rings. The Balaban J connectivity index is 2.95. The van der Waals surface area contributed by atoms with E-state index in [2.05, 4.69) is 22.6 Å². The number of nitrogens with two attached hydrogens (primary N) is 1. The van der Waals surface area contributed by atoms with Crippen LogP contribution in [0.1, 0.15) is 24.2 Å². The standard InChI is InChI=1S/C13H16ClIN2OS/c1-3-17(7-8(2)12(16)19)13(18)10-6-9(14)4-5-11(10)15/h4-6,8H,3,7H2,1-2H3,(H2,16,19). The van der Waals surface area contributed by atoms with Gasteiger partial charge >= 0.3 is 0 Å². The van der Waals surface area contributed by atoms with Gasteiger partial charge in [-0.15, -0.1) is 0 Å². The smallest absolute Gasteiger partial charge is 0.254 e.